The molecule has 0 radical (unpaired) electrons. The second kappa shape index (κ2) is 6.41. The molecule has 5 nitrogen and oxygen atoms in total. The predicted octanol–water partition coefficient (Wildman–Crippen LogP) is 3.94. The Morgan fingerprint density at radius 3 is 2.64 bits per heavy atom. The summed E-state index contributed by atoms with van der Waals surface area (Å²) in [5.41, 5.74) is 2.72. The topological polar surface area (TPSA) is 49.7 Å². The van der Waals surface area contributed by atoms with Crippen LogP contribution in [0.3, 0.4) is 0 Å². The molecule has 1 aromatic heterocycles. The molecule has 0 aliphatic carbocycles. The highest BCUT2D eigenvalue weighted by molar-refractivity contribution is 6.12. The number of benzene rings is 2. The molecule has 0 amide bonds. The molecule has 0 N–H and O–H groups in total. The summed E-state index contributed by atoms with van der Waals surface area (Å²) in [6, 6.07) is 12.2. The van der Waals surface area contributed by atoms with E-state index in [1.165, 1.54) is 7.11 Å². The number of nitrogens with zero attached hydrogens (tertiary/aromatic N) is 1. The van der Waals surface area contributed by atoms with Gasteiger partial charge in [-0.1, -0.05) is 12.1 Å². The van der Waals surface area contributed by atoms with Crippen molar-refractivity contribution in [3.05, 3.63) is 42.0 Å². The molecule has 25 heavy (non-hydrogen) atoms. The monoisotopic (exact) mass is 339 g/mol. The molecule has 1 aliphatic heterocycles. The number of aromatic nitrogens is 1. The average molecular weight is 339 g/mol. The molecular weight excluding hydrogens is 318 g/mol. The first kappa shape index (κ1) is 16.0. The van der Waals surface area contributed by atoms with Crippen LogP contribution in [-0.4, -0.2) is 38.0 Å². The quantitative estimate of drug-likeness (QED) is 0.678. The highest BCUT2D eigenvalue weighted by Crippen LogP contribution is 2.39. The van der Waals surface area contributed by atoms with Gasteiger partial charge in [-0.15, -0.1) is 0 Å². The Kier molecular flexibility index (Phi) is 4.09. The van der Waals surface area contributed by atoms with Crippen LogP contribution in [-0.2, 0) is 9.47 Å². The third kappa shape index (κ3) is 2.55. The van der Waals surface area contributed by atoms with Crippen molar-refractivity contribution in [1.82, 2.24) is 4.57 Å². The highest BCUT2D eigenvalue weighted by Gasteiger charge is 2.23. The Morgan fingerprint density at radius 2 is 1.92 bits per heavy atom. The summed E-state index contributed by atoms with van der Waals surface area (Å²) in [5, 5.41) is 2.18. The zero-order chi connectivity index (χ0) is 17.4. The van der Waals surface area contributed by atoms with Gasteiger partial charge in [0.1, 0.15) is 5.75 Å². The molecule has 2 heterocycles. The Hall–Kier alpha value is -2.53. The lowest BCUT2D eigenvalue weighted by Crippen LogP contribution is -2.19. The highest BCUT2D eigenvalue weighted by atomic mass is 16.5. The minimum atomic E-state index is -0.322. The van der Waals surface area contributed by atoms with Crippen LogP contribution in [0.2, 0.25) is 0 Å². The van der Waals surface area contributed by atoms with Crippen LogP contribution in [0.25, 0.3) is 21.8 Å². The fraction of sp³-hybridized carbons (Fsp3) is 0.350. The van der Waals surface area contributed by atoms with E-state index in [4.69, 9.17) is 14.2 Å². The molecular formula is C20H21NO4. The van der Waals surface area contributed by atoms with Crippen molar-refractivity contribution < 1.29 is 19.0 Å². The van der Waals surface area contributed by atoms with Gasteiger partial charge < -0.3 is 18.8 Å². The van der Waals surface area contributed by atoms with Crippen molar-refractivity contribution >= 4 is 27.8 Å². The van der Waals surface area contributed by atoms with E-state index in [0.29, 0.717) is 11.6 Å². The van der Waals surface area contributed by atoms with Gasteiger partial charge in [-0.05, 0) is 37.1 Å². The van der Waals surface area contributed by atoms with Gasteiger partial charge in [0.15, 0.2) is 0 Å². The lowest BCUT2D eigenvalue weighted by Gasteiger charge is -2.25. The number of carbonyl (C=O) groups is 1. The summed E-state index contributed by atoms with van der Waals surface area (Å²) >= 11 is 0. The Labute approximate surface area is 146 Å². The molecule has 5 heteroatoms. The zero-order valence-corrected chi connectivity index (χ0v) is 14.5. The molecule has 3 aromatic rings. The molecule has 0 unspecified atom stereocenters. The van der Waals surface area contributed by atoms with E-state index in [-0.39, 0.29) is 5.97 Å². The average Bonchev–Trinajstić information content (AvgIpc) is 3.01. The lowest BCUT2D eigenvalue weighted by atomic mass is 10.1. The fourth-order valence-corrected chi connectivity index (χ4v) is 3.81. The van der Waals surface area contributed by atoms with Crippen LogP contribution in [0.4, 0.5) is 0 Å². The molecule has 1 saturated heterocycles. The summed E-state index contributed by atoms with van der Waals surface area (Å²) in [7, 11) is 3.10. The Bertz CT molecular complexity index is 938. The number of esters is 1. The first-order valence-electron chi connectivity index (χ1n) is 8.51. The van der Waals surface area contributed by atoms with Crippen LogP contribution in [0.15, 0.2) is 36.4 Å². The number of fused-ring (bicyclic) bond motifs is 3. The second-order valence-corrected chi connectivity index (χ2v) is 6.29. The number of hydrogen-bond donors (Lipinski definition) is 0. The van der Waals surface area contributed by atoms with Crippen LogP contribution in [0.5, 0.6) is 5.75 Å². The van der Waals surface area contributed by atoms with Gasteiger partial charge in [0.2, 0.25) is 0 Å². The molecule has 4 rings (SSSR count). The first-order valence-corrected chi connectivity index (χ1v) is 8.51. The molecule has 0 saturated carbocycles. The van der Waals surface area contributed by atoms with Crippen LogP contribution in [0.1, 0.15) is 29.2 Å². The summed E-state index contributed by atoms with van der Waals surface area (Å²) in [4.78, 5) is 12.0. The molecule has 2 aromatic carbocycles. The maximum atomic E-state index is 12.0. The van der Waals surface area contributed by atoms with E-state index < -0.39 is 0 Å². The summed E-state index contributed by atoms with van der Waals surface area (Å²) < 4.78 is 18.4. The number of carbonyl (C=O) groups excluding carboxylic acids is 1. The smallest absolute Gasteiger partial charge is 0.337 e. The molecule has 1 aliphatic rings. The second-order valence-electron chi connectivity index (χ2n) is 6.29. The third-order valence-electron chi connectivity index (χ3n) is 4.99. The first-order chi connectivity index (χ1) is 12.2. The van der Waals surface area contributed by atoms with Crippen LogP contribution < -0.4 is 4.74 Å². The van der Waals surface area contributed by atoms with Gasteiger partial charge in [0.05, 0.1) is 30.8 Å². The van der Waals surface area contributed by atoms with E-state index in [1.807, 2.05) is 30.3 Å². The number of methoxy groups -OCH3 is 2. The minimum Gasteiger partial charge on any atom is -0.496 e. The number of rotatable bonds is 3. The number of hydrogen-bond acceptors (Lipinski definition) is 4. The van der Waals surface area contributed by atoms with Gasteiger partial charge in [-0.2, -0.15) is 0 Å². The van der Waals surface area contributed by atoms with Crippen molar-refractivity contribution in [3.8, 4) is 5.75 Å². The predicted molar refractivity (Wildman–Crippen MR) is 96.4 cm³/mol. The zero-order valence-electron chi connectivity index (χ0n) is 14.5. The lowest BCUT2D eigenvalue weighted by molar-refractivity contribution is 0.0600. The Morgan fingerprint density at radius 1 is 1.12 bits per heavy atom. The largest absolute Gasteiger partial charge is 0.496 e. The molecule has 0 bridgehead atoms. The van der Waals surface area contributed by atoms with E-state index in [1.54, 1.807) is 7.11 Å². The van der Waals surface area contributed by atoms with Crippen molar-refractivity contribution in [2.45, 2.75) is 18.9 Å². The van der Waals surface area contributed by atoms with Gasteiger partial charge in [-0.3, -0.25) is 0 Å². The van der Waals surface area contributed by atoms with Crippen LogP contribution >= 0.6 is 0 Å². The van der Waals surface area contributed by atoms with E-state index in [0.717, 1.165) is 53.6 Å². The van der Waals surface area contributed by atoms with Gasteiger partial charge in [-0.25, -0.2) is 4.79 Å². The van der Waals surface area contributed by atoms with E-state index in [2.05, 4.69) is 10.6 Å². The van der Waals surface area contributed by atoms with E-state index in [9.17, 15) is 4.79 Å². The molecule has 0 spiro atoms. The van der Waals surface area contributed by atoms with Crippen molar-refractivity contribution in [3.63, 3.8) is 0 Å². The minimum absolute atomic E-state index is 0.322. The molecule has 1 fully saturated rings. The Balaban J connectivity index is 2.04. The van der Waals surface area contributed by atoms with Crippen molar-refractivity contribution in [2.75, 3.05) is 27.4 Å². The summed E-state index contributed by atoms with van der Waals surface area (Å²) in [5.74, 6) is 0.525. The number of ether oxygens (including phenoxy) is 3. The summed E-state index contributed by atoms with van der Waals surface area (Å²) in [6.45, 7) is 1.51. The van der Waals surface area contributed by atoms with Gasteiger partial charge in [0.25, 0.3) is 0 Å². The molecule has 0 atom stereocenters. The van der Waals surface area contributed by atoms with Gasteiger partial charge in [0, 0.05) is 30.0 Å². The summed E-state index contributed by atoms with van der Waals surface area (Å²) in [6.07, 6.45) is 1.91. The van der Waals surface area contributed by atoms with E-state index >= 15 is 0 Å². The SMILES string of the molecule is COC(=O)c1ccc2c3c(OC)cccc3n(C3CCOCC3)c2c1. The maximum Gasteiger partial charge on any atom is 0.337 e. The fourth-order valence-electron chi connectivity index (χ4n) is 3.81. The van der Waals surface area contributed by atoms with Crippen LogP contribution in [0, 0.1) is 0 Å². The van der Waals surface area contributed by atoms with Gasteiger partial charge >= 0.3 is 5.97 Å². The normalized spacial score (nSPS) is 15.6. The molecule has 130 valence electrons. The standard InChI is InChI=1S/C20H21NO4/c1-23-18-5-3-4-16-19(18)15-7-6-13(20(22)24-2)12-17(15)21(16)14-8-10-25-11-9-14/h3-7,12,14H,8-11H2,1-2H3. The van der Waals surface area contributed by atoms with Crippen molar-refractivity contribution in [1.29, 1.82) is 0 Å². The maximum absolute atomic E-state index is 12.0. The van der Waals surface area contributed by atoms with Crippen molar-refractivity contribution in [2.24, 2.45) is 0 Å². The third-order valence-corrected chi connectivity index (χ3v) is 4.99.